The second kappa shape index (κ2) is 7.03. The SMILES string of the molecule is CCCCCCc1ccc(-c2[nH]cc(C)c2C(F)(F)F)cc1. The van der Waals surface area contributed by atoms with Crippen molar-refractivity contribution < 1.29 is 13.2 Å². The number of benzene rings is 1. The molecule has 4 heteroatoms. The number of aromatic nitrogens is 1. The van der Waals surface area contributed by atoms with Crippen molar-refractivity contribution in [2.75, 3.05) is 0 Å². The molecule has 0 aliphatic heterocycles. The van der Waals surface area contributed by atoms with E-state index in [0.29, 0.717) is 5.56 Å². The highest BCUT2D eigenvalue weighted by Crippen LogP contribution is 2.38. The van der Waals surface area contributed by atoms with E-state index < -0.39 is 11.7 Å². The molecule has 1 aromatic heterocycles. The number of hydrogen-bond acceptors (Lipinski definition) is 0. The van der Waals surface area contributed by atoms with E-state index in [2.05, 4.69) is 11.9 Å². The van der Waals surface area contributed by atoms with Gasteiger partial charge >= 0.3 is 6.18 Å². The van der Waals surface area contributed by atoms with Crippen LogP contribution in [0.1, 0.15) is 49.3 Å². The summed E-state index contributed by atoms with van der Waals surface area (Å²) in [4.78, 5) is 2.76. The lowest BCUT2D eigenvalue weighted by molar-refractivity contribution is -0.137. The Bertz CT molecular complexity index is 594. The van der Waals surface area contributed by atoms with Crippen molar-refractivity contribution >= 4 is 0 Å². The van der Waals surface area contributed by atoms with Gasteiger partial charge in [0.2, 0.25) is 0 Å². The van der Waals surface area contributed by atoms with E-state index in [1.165, 1.54) is 37.9 Å². The molecule has 0 saturated carbocycles. The second-order valence-corrected chi connectivity index (χ2v) is 5.73. The van der Waals surface area contributed by atoms with Gasteiger partial charge in [0, 0.05) is 6.20 Å². The van der Waals surface area contributed by atoms with Gasteiger partial charge in [-0.15, -0.1) is 0 Å². The first-order valence-corrected chi connectivity index (χ1v) is 7.78. The predicted molar refractivity (Wildman–Crippen MR) is 83.8 cm³/mol. The van der Waals surface area contributed by atoms with Gasteiger partial charge in [0.1, 0.15) is 0 Å². The number of nitrogens with one attached hydrogen (secondary N) is 1. The molecule has 0 saturated heterocycles. The monoisotopic (exact) mass is 309 g/mol. The summed E-state index contributed by atoms with van der Waals surface area (Å²) < 4.78 is 39.4. The summed E-state index contributed by atoms with van der Waals surface area (Å²) in [5.41, 5.74) is 1.58. The Morgan fingerprint density at radius 1 is 1.00 bits per heavy atom. The molecule has 0 aliphatic rings. The van der Waals surface area contributed by atoms with E-state index in [1.54, 1.807) is 12.1 Å². The quantitative estimate of drug-likeness (QED) is 0.618. The first-order chi connectivity index (χ1) is 10.4. The van der Waals surface area contributed by atoms with Gasteiger partial charge in [-0.1, -0.05) is 50.5 Å². The lowest BCUT2D eigenvalue weighted by atomic mass is 10.0. The lowest BCUT2D eigenvalue weighted by Crippen LogP contribution is -2.07. The Balaban J connectivity index is 2.14. The van der Waals surface area contributed by atoms with Gasteiger partial charge in [-0.3, -0.25) is 0 Å². The smallest absolute Gasteiger partial charge is 0.360 e. The lowest BCUT2D eigenvalue weighted by Gasteiger charge is -2.10. The van der Waals surface area contributed by atoms with Crippen LogP contribution in [0, 0.1) is 6.92 Å². The summed E-state index contributed by atoms with van der Waals surface area (Å²) in [7, 11) is 0. The Kier molecular flexibility index (Phi) is 5.33. The fourth-order valence-electron chi connectivity index (χ4n) is 2.71. The molecule has 1 heterocycles. The molecular formula is C18H22F3N. The van der Waals surface area contributed by atoms with Crippen LogP contribution in [-0.2, 0) is 12.6 Å². The maximum atomic E-state index is 13.1. The first kappa shape index (κ1) is 16.7. The number of unbranched alkanes of at least 4 members (excludes halogenated alkanes) is 3. The largest absolute Gasteiger partial charge is 0.418 e. The molecule has 0 bridgehead atoms. The zero-order valence-corrected chi connectivity index (χ0v) is 13.1. The second-order valence-electron chi connectivity index (χ2n) is 5.73. The average Bonchev–Trinajstić information content (AvgIpc) is 2.86. The van der Waals surface area contributed by atoms with Crippen LogP contribution in [0.4, 0.5) is 13.2 Å². The third kappa shape index (κ3) is 3.93. The zero-order valence-electron chi connectivity index (χ0n) is 13.1. The highest BCUT2D eigenvalue weighted by Gasteiger charge is 2.36. The predicted octanol–water partition coefficient (Wildman–Crippen LogP) is 6.13. The molecule has 1 nitrogen and oxygen atoms in total. The van der Waals surface area contributed by atoms with Crippen molar-refractivity contribution in [2.45, 2.75) is 52.1 Å². The van der Waals surface area contributed by atoms with Gasteiger partial charge in [0.05, 0.1) is 11.3 Å². The van der Waals surface area contributed by atoms with Crippen LogP contribution in [-0.4, -0.2) is 4.98 Å². The van der Waals surface area contributed by atoms with E-state index >= 15 is 0 Å². The third-order valence-electron chi connectivity index (χ3n) is 3.92. The normalized spacial score (nSPS) is 11.9. The standard InChI is InChI=1S/C18H22F3N/c1-3-4-5-6-7-14-8-10-15(11-9-14)17-16(18(19,20)21)13(2)12-22-17/h8-12,22H,3-7H2,1-2H3. The molecule has 0 fully saturated rings. The van der Waals surface area contributed by atoms with Crippen LogP contribution in [0.3, 0.4) is 0 Å². The number of hydrogen-bond donors (Lipinski definition) is 1. The number of aryl methyl sites for hydroxylation is 2. The highest BCUT2D eigenvalue weighted by atomic mass is 19.4. The molecule has 0 atom stereocenters. The number of halogens is 3. The van der Waals surface area contributed by atoms with Gasteiger partial charge in [-0.25, -0.2) is 0 Å². The van der Waals surface area contributed by atoms with Crippen molar-refractivity contribution in [3.8, 4) is 11.3 Å². The van der Waals surface area contributed by atoms with Gasteiger partial charge in [0.25, 0.3) is 0 Å². The summed E-state index contributed by atoms with van der Waals surface area (Å²) >= 11 is 0. The summed E-state index contributed by atoms with van der Waals surface area (Å²) in [6.07, 6.45) is 2.82. The van der Waals surface area contributed by atoms with Crippen molar-refractivity contribution in [1.29, 1.82) is 0 Å². The molecule has 22 heavy (non-hydrogen) atoms. The topological polar surface area (TPSA) is 15.8 Å². The summed E-state index contributed by atoms with van der Waals surface area (Å²) in [5, 5.41) is 0. The minimum absolute atomic E-state index is 0.155. The molecule has 1 N–H and O–H groups in total. The average molecular weight is 309 g/mol. The minimum atomic E-state index is -4.34. The number of aromatic amines is 1. The van der Waals surface area contributed by atoms with Crippen molar-refractivity contribution in [3.05, 3.63) is 47.2 Å². The molecule has 0 radical (unpaired) electrons. The van der Waals surface area contributed by atoms with Crippen LogP contribution >= 0.6 is 0 Å². The number of alkyl halides is 3. The summed E-state index contributed by atoms with van der Waals surface area (Å²) in [6.45, 7) is 3.65. The van der Waals surface area contributed by atoms with Gasteiger partial charge in [-0.05, 0) is 36.5 Å². The van der Waals surface area contributed by atoms with Gasteiger partial charge < -0.3 is 4.98 Å². The molecule has 2 aromatic rings. The molecule has 2 rings (SSSR count). The minimum Gasteiger partial charge on any atom is -0.360 e. The summed E-state index contributed by atoms with van der Waals surface area (Å²) in [5.74, 6) is 0. The van der Waals surface area contributed by atoms with Crippen molar-refractivity contribution in [3.63, 3.8) is 0 Å². The molecule has 0 spiro atoms. The molecular weight excluding hydrogens is 287 g/mol. The Labute approximate surface area is 129 Å². The molecule has 0 unspecified atom stereocenters. The maximum absolute atomic E-state index is 13.1. The Hall–Kier alpha value is -1.71. The van der Waals surface area contributed by atoms with Crippen LogP contribution in [0.5, 0.6) is 0 Å². The van der Waals surface area contributed by atoms with Gasteiger partial charge in [0.15, 0.2) is 0 Å². The summed E-state index contributed by atoms with van der Waals surface area (Å²) in [6, 6.07) is 7.40. The fourth-order valence-corrected chi connectivity index (χ4v) is 2.71. The third-order valence-corrected chi connectivity index (χ3v) is 3.92. The molecule has 0 aliphatic carbocycles. The zero-order chi connectivity index (χ0) is 16.2. The maximum Gasteiger partial charge on any atom is 0.418 e. The van der Waals surface area contributed by atoms with Crippen LogP contribution in [0.2, 0.25) is 0 Å². The highest BCUT2D eigenvalue weighted by molar-refractivity contribution is 5.66. The van der Waals surface area contributed by atoms with Crippen molar-refractivity contribution in [2.24, 2.45) is 0 Å². The van der Waals surface area contributed by atoms with Crippen molar-refractivity contribution in [1.82, 2.24) is 4.98 Å². The Morgan fingerprint density at radius 2 is 1.68 bits per heavy atom. The molecule has 0 amide bonds. The van der Waals surface area contributed by atoms with E-state index in [9.17, 15) is 13.2 Å². The van der Waals surface area contributed by atoms with Gasteiger partial charge in [-0.2, -0.15) is 13.2 Å². The van der Waals surface area contributed by atoms with Crippen LogP contribution in [0.25, 0.3) is 11.3 Å². The van der Waals surface area contributed by atoms with E-state index in [4.69, 9.17) is 0 Å². The first-order valence-electron chi connectivity index (χ1n) is 7.78. The molecule has 120 valence electrons. The molecule has 1 aromatic carbocycles. The van der Waals surface area contributed by atoms with E-state index in [-0.39, 0.29) is 11.3 Å². The van der Waals surface area contributed by atoms with Crippen LogP contribution < -0.4 is 0 Å². The Morgan fingerprint density at radius 3 is 2.27 bits per heavy atom. The number of H-pyrrole nitrogens is 1. The fraction of sp³-hybridized carbons (Fsp3) is 0.444. The van der Waals surface area contributed by atoms with E-state index in [1.807, 2.05) is 12.1 Å². The van der Waals surface area contributed by atoms with Crippen LogP contribution in [0.15, 0.2) is 30.5 Å². The van der Waals surface area contributed by atoms with E-state index in [0.717, 1.165) is 12.8 Å². The number of rotatable bonds is 6.